The van der Waals surface area contributed by atoms with Crippen LogP contribution in [0.3, 0.4) is 0 Å². The lowest BCUT2D eigenvalue weighted by Crippen LogP contribution is -2.02. The van der Waals surface area contributed by atoms with Crippen LogP contribution in [0.25, 0.3) is 22.2 Å². The number of Topliss-reactive ketones (excluding diaryl/α,β-unsaturated/α-hetero) is 1. The van der Waals surface area contributed by atoms with Gasteiger partial charge >= 0.3 is 0 Å². The van der Waals surface area contributed by atoms with Crippen molar-refractivity contribution in [1.29, 1.82) is 0 Å². The normalized spacial score (nSPS) is 11.0. The van der Waals surface area contributed by atoms with Crippen LogP contribution in [0.2, 0.25) is 5.02 Å². The molecule has 2 nitrogen and oxygen atoms in total. The van der Waals surface area contributed by atoms with Gasteiger partial charge in [-0.15, -0.1) is 0 Å². The second-order valence-corrected chi connectivity index (χ2v) is 6.25. The van der Waals surface area contributed by atoms with Gasteiger partial charge in [-0.2, -0.15) is 0 Å². The van der Waals surface area contributed by atoms with Crippen LogP contribution in [0, 0.1) is 13.8 Å². The summed E-state index contributed by atoms with van der Waals surface area (Å²) in [6, 6.07) is 13.6. The summed E-state index contributed by atoms with van der Waals surface area (Å²) >= 11 is 5.97. The van der Waals surface area contributed by atoms with Crippen molar-refractivity contribution in [3.8, 4) is 11.3 Å². The number of carbonyl (C=O) groups excluding carboxylic acids is 1. The highest BCUT2D eigenvalue weighted by atomic mass is 35.5. The van der Waals surface area contributed by atoms with Crippen LogP contribution in [-0.2, 0) is 0 Å². The van der Waals surface area contributed by atoms with E-state index < -0.39 is 0 Å². The minimum atomic E-state index is 0.137. The summed E-state index contributed by atoms with van der Waals surface area (Å²) in [5.41, 5.74) is 5.62. The zero-order valence-electron chi connectivity index (χ0n) is 13.5. The lowest BCUT2D eigenvalue weighted by atomic mass is 9.97. The number of carbonyl (C=O) groups is 1. The average Bonchev–Trinajstić information content (AvgIpc) is 2.54. The number of halogens is 1. The van der Waals surface area contributed by atoms with Gasteiger partial charge in [-0.1, -0.05) is 42.3 Å². The van der Waals surface area contributed by atoms with Crippen LogP contribution < -0.4 is 0 Å². The Balaban J connectivity index is 2.33. The summed E-state index contributed by atoms with van der Waals surface area (Å²) in [7, 11) is 0. The van der Waals surface area contributed by atoms with Crippen molar-refractivity contribution in [2.45, 2.75) is 27.2 Å². The molecule has 3 heteroatoms. The summed E-state index contributed by atoms with van der Waals surface area (Å²) in [5, 5.41) is 1.62. The lowest BCUT2D eigenvalue weighted by molar-refractivity contribution is 0.0989. The highest BCUT2D eigenvalue weighted by molar-refractivity contribution is 6.30. The third-order valence-electron chi connectivity index (χ3n) is 4.01. The van der Waals surface area contributed by atoms with Crippen molar-refractivity contribution in [1.82, 2.24) is 4.98 Å². The molecule has 1 heterocycles. The predicted octanol–water partition coefficient (Wildman–Crippen LogP) is 5.76. The third kappa shape index (κ3) is 2.99. The van der Waals surface area contributed by atoms with Gasteiger partial charge in [0.2, 0.25) is 0 Å². The average molecular weight is 324 g/mol. The van der Waals surface area contributed by atoms with Crippen LogP contribution >= 0.6 is 11.6 Å². The van der Waals surface area contributed by atoms with E-state index in [0.29, 0.717) is 11.4 Å². The molecule has 3 aromatic rings. The molecule has 0 atom stereocenters. The summed E-state index contributed by atoms with van der Waals surface area (Å²) in [6.07, 6.45) is 0.478. The van der Waals surface area contributed by atoms with E-state index in [1.165, 1.54) is 0 Å². The van der Waals surface area contributed by atoms with E-state index in [-0.39, 0.29) is 5.78 Å². The monoisotopic (exact) mass is 323 g/mol. The molecule has 1 aromatic heterocycles. The number of pyridine rings is 1. The number of aryl methyl sites for hydroxylation is 2. The fraction of sp³-hybridized carbons (Fsp3) is 0.200. The molecule has 0 fully saturated rings. The Bertz CT molecular complexity index is 898. The molecule has 0 saturated heterocycles. The molecule has 116 valence electrons. The van der Waals surface area contributed by atoms with Gasteiger partial charge in [-0.3, -0.25) is 4.79 Å². The van der Waals surface area contributed by atoms with Crippen molar-refractivity contribution in [2.75, 3.05) is 0 Å². The number of hydrogen-bond donors (Lipinski definition) is 0. The Morgan fingerprint density at radius 2 is 1.78 bits per heavy atom. The second-order valence-electron chi connectivity index (χ2n) is 5.82. The smallest absolute Gasteiger partial charge is 0.163 e. The van der Waals surface area contributed by atoms with Gasteiger partial charge in [-0.25, -0.2) is 4.98 Å². The molecular weight excluding hydrogens is 306 g/mol. The van der Waals surface area contributed by atoms with Crippen LogP contribution in [0.1, 0.15) is 34.8 Å². The van der Waals surface area contributed by atoms with Gasteiger partial charge < -0.3 is 0 Å². The first kappa shape index (κ1) is 15.7. The van der Waals surface area contributed by atoms with Gasteiger partial charge in [0.05, 0.1) is 11.2 Å². The molecule has 0 spiro atoms. The van der Waals surface area contributed by atoms with E-state index in [1.807, 2.05) is 57.2 Å². The second kappa shape index (κ2) is 6.13. The van der Waals surface area contributed by atoms with E-state index in [0.717, 1.165) is 38.9 Å². The Labute approximate surface area is 141 Å². The van der Waals surface area contributed by atoms with Gasteiger partial charge in [0.15, 0.2) is 5.78 Å². The zero-order valence-corrected chi connectivity index (χ0v) is 14.2. The van der Waals surface area contributed by atoms with Gasteiger partial charge in [-0.05, 0) is 43.7 Å². The number of hydrogen-bond acceptors (Lipinski definition) is 2. The number of rotatable bonds is 3. The maximum atomic E-state index is 12.4. The zero-order chi connectivity index (χ0) is 16.6. The number of aromatic nitrogens is 1. The molecule has 23 heavy (non-hydrogen) atoms. The summed E-state index contributed by atoms with van der Waals surface area (Å²) < 4.78 is 0. The maximum Gasteiger partial charge on any atom is 0.163 e. The SMILES string of the molecule is CCC(=O)c1cc(-c2ccc(Cl)cc2)nc2c(C)cc(C)cc12. The molecule has 3 rings (SSSR count). The van der Waals surface area contributed by atoms with Gasteiger partial charge in [0.1, 0.15) is 0 Å². The fourth-order valence-corrected chi connectivity index (χ4v) is 3.00. The fourth-order valence-electron chi connectivity index (χ4n) is 2.87. The molecule has 0 aliphatic heterocycles. The Morgan fingerprint density at radius 3 is 2.43 bits per heavy atom. The molecule has 0 aliphatic rings. The van der Waals surface area contributed by atoms with Crippen molar-refractivity contribution in [2.24, 2.45) is 0 Å². The van der Waals surface area contributed by atoms with Gasteiger partial charge in [0.25, 0.3) is 0 Å². The lowest BCUT2D eigenvalue weighted by Gasteiger charge is -2.11. The van der Waals surface area contributed by atoms with Crippen LogP contribution in [0.15, 0.2) is 42.5 Å². The van der Waals surface area contributed by atoms with E-state index in [2.05, 4.69) is 6.07 Å². The molecule has 0 saturated carbocycles. The van der Waals surface area contributed by atoms with Gasteiger partial charge in [0, 0.05) is 28.0 Å². The standard InChI is InChI=1S/C20H18ClNO/c1-4-19(23)16-11-18(14-5-7-15(21)8-6-14)22-20-13(3)9-12(2)10-17(16)20/h5-11H,4H2,1-3H3. The highest BCUT2D eigenvalue weighted by Gasteiger charge is 2.14. The summed E-state index contributed by atoms with van der Waals surface area (Å²) in [4.78, 5) is 17.2. The number of ketones is 1. The third-order valence-corrected chi connectivity index (χ3v) is 4.26. The molecule has 2 aromatic carbocycles. The first-order valence-electron chi connectivity index (χ1n) is 7.70. The number of fused-ring (bicyclic) bond motifs is 1. The van der Waals surface area contributed by atoms with Crippen molar-refractivity contribution in [3.05, 3.63) is 64.2 Å². The van der Waals surface area contributed by atoms with E-state index in [4.69, 9.17) is 16.6 Å². The van der Waals surface area contributed by atoms with E-state index in [1.54, 1.807) is 0 Å². The van der Waals surface area contributed by atoms with Crippen LogP contribution in [0.4, 0.5) is 0 Å². The minimum absolute atomic E-state index is 0.137. The quantitative estimate of drug-likeness (QED) is 0.573. The summed E-state index contributed by atoms with van der Waals surface area (Å²) in [6.45, 7) is 5.97. The molecule has 0 bridgehead atoms. The van der Waals surface area contributed by atoms with Crippen molar-refractivity contribution >= 4 is 28.3 Å². The van der Waals surface area contributed by atoms with Crippen molar-refractivity contribution in [3.63, 3.8) is 0 Å². The van der Waals surface area contributed by atoms with E-state index >= 15 is 0 Å². The Hall–Kier alpha value is -2.19. The highest BCUT2D eigenvalue weighted by Crippen LogP contribution is 2.29. The van der Waals surface area contributed by atoms with E-state index in [9.17, 15) is 4.79 Å². The van der Waals surface area contributed by atoms with Crippen molar-refractivity contribution < 1.29 is 4.79 Å². The Morgan fingerprint density at radius 1 is 1.09 bits per heavy atom. The number of benzene rings is 2. The number of nitrogens with zero attached hydrogens (tertiary/aromatic N) is 1. The molecule has 0 N–H and O–H groups in total. The molecular formula is C20H18ClNO. The molecule has 0 aliphatic carbocycles. The molecule has 0 radical (unpaired) electrons. The minimum Gasteiger partial charge on any atom is -0.294 e. The summed E-state index contributed by atoms with van der Waals surface area (Å²) in [5.74, 6) is 0.137. The maximum absolute atomic E-state index is 12.4. The molecule has 0 amide bonds. The Kier molecular flexibility index (Phi) is 4.18. The topological polar surface area (TPSA) is 30.0 Å². The first-order chi connectivity index (χ1) is 11.0. The largest absolute Gasteiger partial charge is 0.294 e. The first-order valence-corrected chi connectivity index (χ1v) is 8.08. The molecule has 0 unspecified atom stereocenters. The van der Waals surface area contributed by atoms with Crippen LogP contribution in [0.5, 0.6) is 0 Å². The predicted molar refractivity (Wildman–Crippen MR) is 96.3 cm³/mol. The van der Waals surface area contributed by atoms with Crippen LogP contribution in [-0.4, -0.2) is 10.8 Å².